The number of carbonyl (C=O) groups is 1. The number of rotatable bonds is 5. The zero-order chi connectivity index (χ0) is 25.1. The highest BCUT2D eigenvalue weighted by Crippen LogP contribution is 2.33. The fourth-order valence-corrected chi connectivity index (χ4v) is 4.10. The molecule has 0 saturated carbocycles. The Kier molecular flexibility index (Phi) is 7.25. The molecule has 0 aromatic heterocycles. The molecule has 0 spiro atoms. The SMILES string of the molecule is O=C(/C=C/c1ccccc1)Nc1ccc(N2CCN(c3c(F)c(F)c(F)c(F)c3F)CC2)c(Cl)c1. The van der Waals surface area contributed by atoms with E-state index in [1.165, 1.54) is 6.08 Å². The number of hydrogen-bond donors (Lipinski definition) is 1. The average molecular weight is 508 g/mol. The van der Waals surface area contributed by atoms with Crippen molar-refractivity contribution < 1.29 is 26.7 Å². The van der Waals surface area contributed by atoms with Crippen molar-refractivity contribution in [3.05, 3.63) is 94.3 Å². The van der Waals surface area contributed by atoms with E-state index in [1.54, 1.807) is 24.3 Å². The second-order valence-electron chi connectivity index (χ2n) is 7.79. The topological polar surface area (TPSA) is 35.6 Å². The Labute approximate surface area is 203 Å². The minimum absolute atomic E-state index is 0.0114. The van der Waals surface area contributed by atoms with E-state index < -0.39 is 34.8 Å². The molecule has 1 saturated heterocycles. The third-order valence-electron chi connectivity index (χ3n) is 5.57. The molecule has 4 rings (SSSR count). The molecule has 0 bridgehead atoms. The summed E-state index contributed by atoms with van der Waals surface area (Å²) in [5.74, 6) is -10.2. The molecule has 1 N–H and O–H groups in total. The van der Waals surface area contributed by atoms with Crippen LogP contribution >= 0.6 is 11.6 Å². The van der Waals surface area contributed by atoms with Crippen LogP contribution in [-0.2, 0) is 4.79 Å². The van der Waals surface area contributed by atoms with E-state index in [1.807, 2.05) is 35.2 Å². The van der Waals surface area contributed by atoms with E-state index in [0.29, 0.717) is 16.4 Å². The highest BCUT2D eigenvalue weighted by molar-refractivity contribution is 6.33. The number of anilines is 3. The van der Waals surface area contributed by atoms with Gasteiger partial charge in [-0.1, -0.05) is 41.9 Å². The molecule has 3 aromatic carbocycles. The summed E-state index contributed by atoms with van der Waals surface area (Å²) in [5, 5.41) is 3.05. The van der Waals surface area contributed by atoms with Crippen LogP contribution in [-0.4, -0.2) is 32.1 Å². The zero-order valence-electron chi connectivity index (χ0n) is 18.2. The van der Waals surface area contributed by atoms with Gasteiger partial charge in [0.1, 0.15) is 5.69 Å². The normalized spacial score (nSPS) is 14.0. The third-order valence-corrected chi connectivity index (χ3v) is 5.87. The lowest BCUT2D eigenvalue weighted by Gasteiger charge is -2.38. The summed E-state index contributed by atoms with van der Waals surface area (Å²) in [6.07, 6.45) is 3.07. The molecule has 3 aromatic rings. The van der Waals surface area contributed by atoms with Gasteiger partial charge in [0.05, 0.1) is 10.7 Å². The highest BCUT2D eigenvalue weighted by Gasteiger charge is 2.31. The van der Waals surface area contributed by atoms with Gasteiger partial charge in [0.2, 0.25) is 11.7 Å². The molecule has 35 heavy (non-hydrogen) atoms. The number of amides is 1. The standard InChI is InChI=1S/C25H19ClF5N3O/c26-17-14-16(32-19(35)9-6-15-4-2-1-3-5-15)7-8-18(17)33-10-12-34(13-11-33)25-23(30)21(28)20(27)22(29)24(25)31/h1-9,14H,10-13H2,(H,32,35)/b9-6+. The average Bonchev–Trinajstić information content (AvgIpc) is 2.86. The maximum atomic E-state index is 14.1. The van der Waals surface area contributed by atoms with E-state index in [4.69, 9.17) is 11.6 Å². The molecule has 1 amide bonds. The van der Waals surface area contributed by atoms with Crippen LogP contribution in [0.25, 0.3) is 6.08 Å². The molecule has 0 aliphatic carbocycles. The maximum Gasteiger partial charge on any atom is 0.248 e. The van der Waals surface area contributed by atoms with Crippen molar-refractivity contribution in [3.8, 4) is 0 Å². The van der Waals surface area contributed by atoms with Gasteiger partial charge in [-0.25, -0.2) is 22.0 Å². The Morgan fingerprint density at radius 1 is 0.800 bits per heavy atom. The largest absolute Gasteiger partial charge is 0.367 e. The van der Waals surface area contributed by atoms with Crippen LogP contribution in [0.1, 0.15) is 5.56 Å². The van der Waals surface area contributed by atoms with Crippen molar-refractivity contribution in [3.63, 3.8) is 0 Å². The van der Waals surface area contributed by atoms with Crippen LogP contribution in [0.4, 0.5) is 39.0 Å². The Morgan fingerprint density at radius 3 is 1.97 bits per heavy atom. The molecule has 182 valence electrons. The predicted octanol–water partition coefficient (Wildman–Crippen LogP) is 6.01. The van der Waals surface area contributed by atoms with Crippen molar-refractivity contribution in [1.82, 2.24) is 0 Å². The molecule has 1 aliphatic rings. The third kappa shape index (κ3) is 5.24. The minimum atomic E-state index is -2.18. The first-order valence-corrected chi connectivity index (χ1v) is 11.0. The van der Waals surface area contributed by atoms with Gasteiger partial charge in [-0.3, -0.25) is 4.79 Å². The predicted molar refractivity (Wildman–Crippen MR) is 126 cm³/mol. The van der Waals surface area contributed by atoms with Gasteiger partial charge in [0, 0.05) is 37.9 Å². The molecule has 0 atom stereocenters. The number of halogens is 6. The summed E-state index contributed by atoms with van der Waals surface area (Å²) < 4.78 is 68.7. The second-order valence-corrected chi connectivity index (χ2v) is 8.20. The van der Waals surface area contributed by atoms with Crippen molar-refractivity contribution in [2.45, 2.75) is 0 Å². The van der Waals surface area contributed by atoms with E-state index in [0.717, 1.165) is 10.5 Å². The fraction of sp³-hybridized carbons (Fsp3) is 0.160. The minimum Gasteiger partial charge on any atom is -0.367 e. The molecule has 1 heterocycles. The van der Waals surface area contributed by atoms with Crippen LogP contribution in [0.2, 0.25) is 5.02 Å². The quantitative estimate of drug-likeness (QED) is 0.199. The number of hydrogen-bond acceptors (Lipinski definition) is 3. The van der Waals surface area contributed by atoms with Gasteiger partial charge in [-0.15, -0.1) is 0 Å². The van der Waals surface area contributed by atoms with Crippen molar-refractivity contribution in [2.24, 2.45) is 0 Å². The van der Waals surface area contributed by atoms with Crippen LogP contribution in [0.3, 0.4) is 0 Å². The number of nitrogens with zero attached hydrogens (tertiary/aromatic N) is 2. The highest BCUT2D eigenvalue weighted by atomic mass is 35.5. The van der Waals surface area contributed by atoms with Gasteiger partial charge in [0.15, 0.2) is 23.3 Å². The van der Waals surface area contributed by atoms with E-state index in [-0.39, 0.29) is 32.1 Å². The van der Waals surface area contributed by atoms with E-state index in [9.17, 15) is 26.7 Å². The number of carbonyl (C=O) groups excluding carboxylic acids is 1. The molecule has 1 fully saturated rings. The molecule has 0 unspecified atom stereocenters. The van der Waals surface area contributed by atoms with Crippen molar-refractivity contribution >= 4 is 40.6 Å². The smallest absolute Gasteiger partial charge is 0.248 e. The van der Waals surface area contributed by atoms with E-state index >= 15 is 0 Å². The van der Waals surface area contributed by atoms with Crippen LogP contribution in [0.15, 0.2) is 54.6 Å². The Bertz CT molecular complexity index is 1250. The van der Waals surface area contributed by atoms with Gasteiger partial charge in [0.25, 0.3) is 0 Å². The summed E-state index contributed by atoms with van der Waals surface area (Å²) in [6.45, 7) is 0.477. The second kappa shape index (κ2) is 10.4. The molecule has 4 nitrogen and oxygen atoms in total. The van der Waals surface area contributed by atoms with E-state index in [2.05, 4.69) is 5.32 Å². The lowest BCUT2D eigenvalue weighted by Crippen LogP contribution is -2.47. The maximum absolute atomic E-state index is 14.1. The van der Waals surface area contributed by atoms with Gasteiger partial charge >= 0.3 is 0 Å². The van der Waals surface area contributed by atoms with Gasteiger partial charge < -0.3 is 15.1 Å². The molecular formula is C25H19ClF5N3O. The first-order valence-electron chi connectivity index (χ1n) is 10.6. The number of benzene rings is 3. The number of nitrogens with one attached hydrogen (secondary N) is 1. The Balaban J connectivity index is 1.41. The van der Waals surface area contributed by atoms with Crippen LogP contribution < -0.4 is 15.1 Å². The van der Waals surface area contributed by atoms with Gasteiger partial charge in [-0.05, 0) is 29.8 Å². The molecule has 10 heteroatoms. The molecule has 1 aliphatic heterocycles. The summed E-state index contributed by atoms with van der Waals surface area (Å²) in [4.78, 5) is 15.1. The number of piperazine rings is 1. The van der Waals surface area contributed by atoms with Crippen LogP contribution in [0, 0.1) is 29.1 Å². The van der Waals surface area contributed by atoms with Gasteiger partial charge in [-0.2, -0.15) is 0 Å². The first kappa shape index (κ1) is 24.5. The van der Waals surface area contributed by atoms with Crippen molar-refractivity contribution in [1.29, 1.82) is 0 Å². The summed E-state index contributed by atoms with van der Waals surface area (Å²) in [5.41, 5.74) is 1.03. The van der Waals surface area contributed by atoms with Crippen LogP contribution in [0.5, 0.6) is 0 Å². The fourth-order valence-electron chi connectivity index (χ4n) is 3.80. The Morgan fingerprint density at radius 2 is 1.37 bits per heavy atom. The van der Waals surface area contributed by atoms with Crippen molar-refractivity contribution in [2.75, 3.05) is 41.3 Å². The first-order chi connectivity index (χ1) is 16.8. The zero-order valence-corrected chi connectivity index (χ0v) is 18.9. The Hall–Kier alpha value is -3.59. The molecule has 0 radical (unpaired) electrons. The monoisotopic (exact) mass is 507 g/mol. The lowest BCUT2D eigenvalue weighted by atomic mass is 10.2. The summed E-state index contributed by atoms with van der Waals surface area (Å²) >= 11 is 6.40. The summed E-state index contributed by atoms with van der Waals surface area (Å²) in [6, 6.07) is 14.2. The molecular weight excluding hydrogens is 489 g/mol. The summed E-state index contributed by atoms with van der Waals surface area (Å²) in [7, 11) is 0. The lowest BCUT2D eigenvalue weighted by molar-refractivity contribution is -0.111.